The highest BCUT2D eigenvalue weighted by Crippen LogP contribution is 2.25. The normalized spacial score (nSPS) is 18.6. The molecule has 2 heterocycles. The molecule has 2 aromatic heterocycles. The summed E-state index contributed by atoms with van der Waals surface area (Å²) in [6.45, 7) is 0.217. The Balaban J connectivity index is 1.37. The summed E-state index contributed by atoms with van der Waals surface area (Å²) >= 11 is 5.93. The molecule has 4 rings (SSSR count). The molecule has 3 aromatic rings. The third-order valence-electron chi connectivity index (χ3n) is 4.93. The van der Waals surface area contributed by atoms with Crippen LogP contribution < -0.4 is 10.1 Å². The molecule has 2 atom stereocenters. The first kappa shape index (κ1) is 19.4. The van der Waals surface area contributed by atoms with Crippen molar-refractivity contribution in [1.82, 2.24) is 15.5 Å². The van der Waals surface area contributed by atoms with Crippen LogP contribution >= 0.6 is 11.6 Å². The predicted octanol–water partition coefficient (Wildman–Crippen LogP) is 3.61. The number of aliphatic hydroxyl groups excluding tert-OH is 1. The Hall–Kier alpha value is -2.90. The molecular formula is C21H20ClN3O4. The number of carbonyl (C=O) groups is 1. The summed E-state index contributed by atoms with van der Waals surface area (Å²) in [5.41, 5.74) is 2.73. The van der Waals surface area contributed by atoms with Crippen LogP contribution in [0.5, 0.6) is 5.88 Å². The Morgan fingerprint density at radius 2 is 2.07 bits per heavy atom. The van der Waals surface area contributed by atoms with Crippen molar-refractivity contribution in [2.45, 2.75) is 38.0 Å². The van der Waals surface area contributed by atoms with Crippen LogP contribution in [0, 0.1) is 0 Å². The molecule has 1 saturated carbocycles. The molecule has 1 fully saturated rings. The third kappa shape index (κ3) is 4.58. The minimum Gasteiger partial charge on any atom is -0.473 e. The fourth-order valence-corrected chi connectivity index (χ4v) is 3.44. The van der Waals surface area contributed by atoms with Crippen LogP contribution in [0.2, 0.25) is 5.02 Å². The molecule has 0 aliphatic heterocycles. The maximum atomic E-state index is 12.3. The van der Waals surface area contributed by atoms with Crippen molar-refractivity contribution in [2.75, 3.05) is 0 Å². The van der Waals surface area contributed by atoms with E-state index in [0.29, 0.717) is 22.2 Å². The number of hydrogen-bond acceptors (Lipinski definition) is 6. The second-order valence-corrected chi connectivity index (χ2v) is 7.38. The van der Waals surface area contributed by atoms with Gasteiger partial charge in [0, 0.05) is 22.8 Å². The van der Waals surface area contributed by atoms with Gasteiger partial charge in [0.2, 0.25) is 5.88 Å². The number of rotatable bonds is 6. The van der Waals surface area contributed by atoms with E-state index in [2.05, 4.69) is 15.5 Å². The fourth-order valence-electron chi connectivity index (χ4n) is 3.32. The number of halogens is 1. The van der Waals surface area contributed by atoms with E-state index >= 15 is 0 Å². The van der Waals surface area contributed by atoms with Crippen molar-refractivity contribution in [3.63, 3.8) is 0 Å². The van der Waals surface area contributed by atoms with Gasteiger partial charge in [-0.2, -0.15) is 0 Å². The molecule has 0 unspecified atom stereocenters. The van der Waals surface area contributed by atoms with Gasteiger partial charge in [-0.1, -0.05) is 28.9 Å². The Labute approximate surface area is 172 Å². The van der Waals surface area contributed by atoms with E-state index in [9.17, 15) is 9.90 Å². The van der Waals surface area contributed by atoms with Gasteiger partial charge in [0.05, 0.1) is 23.3 Å². The molecule has 0 radical (unpaired) electrons. The number of pyridine rings is 1. The molecule has 1 aliphatic rings. The van der Waals surface area contributed by atoms with Gasteiger partial charge in [-0.25, -0.2) is 4.98 Å². The van der Waals surface area contributed by atoms with Crippen LogP contribution in [0.3, 0.4) is 0 Å². The lowest BCUT2D eigenvalue weighted by Gasteiger charge is -2.16. The fraction of sp³-hybridized carbons (Fsp3) is 0.286. The van der Waals surface area contributed by atoms with Crippen molar-refractivity contribution < 1.29 is 19.2 Å². The van der Waals surface area contributed by atoms with E-state index in [1.807, 2.05) is 12.1 Å². The number of nitrogens with one attached hydrogen (secondary N) is 1. The zero-order valence-corrected chi connectivity index (χ0v) is 16.3. The van der Waals surface area contributed by atoms with E-state index in [4.69, 9.17) is 20.9 Å². The van der Waals surface area contributed by atoms with Crippen molar-refractivity contribution in [1.29, 1.82) is 0 Å². The molecule has 8 heteroatoms. The number of hydrogen-bond donors (Lipinski definition) is 2. The van der Waals surface area contributed by atoms with Gasteiger partial charge in [0.25, 0.3) is 5.91 Å². The zero-order valence-electron chi connectivity index (χ0n) is 15.5. The minimum atomic E-state index is -0.479. The quantitative estimate of drug-likeness (QED) is 0.640. The molecule has 0 spiro atoms. The van der Waals surface area contributed by atoms with Gasteiger partial charge in [0.15, 0.2) is 0 Å². The van der Waals surface area contributed by atoms with Crippen LogP contribution in [-0.4, -0.2) is 33.3 Å². The van der Waals surface area contributed by atoms with Crippen LogP contribution in [-0.2, 0) is 6.61 Å². The number of amides is 1. The highest BCUT2D eigenvalue weighted by atomic mass is 35.5. The van der Waals surface area contributed by atoms with Crippen LogP contribution in [0.4, 0.5) is 0 Å². The highest BCUT2D eigenvalue weighted by Gasteiger charge is 2.26. The standard InChI is InChI=1S/C21H20ClN3O4/c22-16-7-4-13(5-8-16)20-15(12-29-25-20)11-28-19-9-6-14(10-23-19)21(27)24-17-2-1-3-18(17)26/h4-10,12,17-18,26H,1-3,11H2,(H,24,27)/t17-,18-/m0/s1. The Morgan fingerprint density at radius 1 is 1.24 bits per heavy atom. The van der Waals surface area contributed by atoms with Gasteiger partial charge < -0.3 is 19.7 Å². The maximum absolute atomic E-state index is 12.3. The first-order valence-electron chi connectivity index (χ1n) is 9.37. The minimum absolute atomic E-state index is 0.196. The maximum Gasteiger partial charge on any atom is 0.253 e. The van der Waals surface area contributed by atoms with E-state index < -0.39 is 6.10 Å². The predicted molar refractivity (Wildman–Crippen MR) is 107 cm³/mol. The summed E-state index contributed by atoms with van der Waals surface area (Å²) in [4.78, 5) is 16.5. The summed E-state index contributed by atoms with van der Waals surface area (Å²) in [7, 11) is 0. The molecule has 2 N–H and O–H groups in total. The van der Waals surface area contributed by atoms with Gasteiger partial charge in [-0.3, -0.25) is 4.79 Å². The molecule has 1 aromatic carbocycles. The van der Waals surface area contributed by atoms with Crippen LogP contribution in [0.15, 0.2) is 53.4 Å². The van der Waals surface area contributed by atoms with Crippen molar-refractivity contribution >= 4 is 17.5 Å². The number of benzene rings is 1. The van der Waals surface area contributed by atoms with Crippen LogP contribution in [0.25, 0.3) is 11.3 Å². The number of aliphatic hydroxyl groups is 1. The zero-order chi connectivity index (χ0) is 20.2. The second-order valence-electron chi connectivity index (χ2n) is 6.95. The molecule has 1 amide bonds. The Morgan fingerprint density at radius 3 is 2.76 bits per heavy atom. The van der Waals surface area contributed by atoms with Crippen molar-refractivity contribution in [3.8, 4) is 17.1 Å². The SMILES string of the molecule is O=C(N[C@H]1CCC[C@@H]1O)c1ccc(OCc2conc2-c2ccc(Cl)cc2)nc1. The van der Waals surface area contributed by atoms with E-state index in [-0.39, 0.29) is 18.6 Å². The largest absolute Gasteiger partial charge is 0.473 e. The lowest BCUT2D eigenvalue weighted by Crippen LogP contribution is -2.39. The van der Waals surface area contributed by atoms with Gasteiger partial charge in [-0.05, 0) is 37.5 Å². The van der Waals surface area contributed by atoms with Crippen LogP contribution in [0.1, 0.15) is 35.2 Å². The highest BCUT2D eigenvalue weighted by molar-refractivity contribution is 6.30. The summed E-state index contributed by atoms with van der Waals surface area (Å²) in [6, 6.07) is 10.4. The number of nitrogens with zero attached hydrogens (tertiary/aromatic N) is 2. The molecular weight excluding hydrogens is 394 g/mol. The summed E-state index contributed by atoms with van der Waals surface area (Å²) in [5.74, 6) is 0.129. The molecule has 29 heavy (non-hydrogen) atoms. The molecule has 0 saturated heterocycles. The molecule has 0 bridgehead atoms. The second kappa shape index (κ2) is 8.63. The summed E-state index contributed by atoms with van der Waals surface area (Å²) < 4.78 is 10.8. The smallest absolute Gasteiger partial charge is 0.253 e. The number of carbonyl (C=O) groups excluding carboxylic acids is 1. The average molecular weight is 414 g/mol. The average Bonchev–Trinajstić information content (AvgIpc) is 3.36. The van der Waals surface area contributed by atoms with Crippen molar-refractivity contribution in [3.05, 3.63) is 65.0 Å². The number of aromatic nitrogens is 2. The molecule has 1 aliphatic carbocycles. The monoisotopic (exact) mass is 413 g/mol. The first-order chi connectivity index (χ1) is 14.1. The van der Waals surface area contributed by atoms with Gasteiger partial charge in [-0.15, -0.1) is 0 Å². The Bertz CT molecular complexity index is 972. The summed E-state index contributed by atoms with van der Waals surface area (Å²) in [5, 5.41) is 17.4. The van der Waals surface area contributed by atoms with E-state index in [1.54, 1.807) is 24.3 Å². The Kier molecular flexibility index (Phi) is 5.78. The third-order valence-corrected chi connectivity index (χ3v) is 5.18. The van der Waals surface area contributed by atoms with Gasteiger partial charge in [0.1, 0.15) is 18.6 Å². The lowest BCUT2D eigenvalue weighted by molar-refractivity contribution is 0.0873. The topological polar surface area (TPSA) is 97.5 Å². The van der Waals surface area contributed by atoms with Gasteiger partial charge >= 0.3 is 0 Å². The molecule has 7 nitrogen and oxygen atoms in total. The van der Waals surface area contributed by atoms with E-state index in [1.165, 1.54) is 12.5 Å². The number of ether oxygens (including phenoxy) is 1. The summed E-state index contributed by atoms with van der Waals surface area (Å²) in [6.07, 6.45) is 4.93. The van der Waals surface area contributed by atoms with E-state index in [0.717, 1.165) is 30.4 Å². The molecule has 150 valence electrons. The van der Waals surface area contributed by atoms with Crippen molar-refractivity contribution in [2.24, 2.45) is 0 Å². The lowest BCUT2D eigenvalue weighted by atomic mass is 10.1. The first-order valence-corrected chi connectivity index (χ1v) is 9.75.